The summed E-state index contributed by atoms with van der Waals surface area (Å²) in [5.74, 6) is 1.33. The van der Waals surface area contributed by atoms with Crippen molar-refractivity contribution in [3.8, 4) is 11.5 Å². The van der Waals surface area contributed by atoms with E-state index in [4.69, 9.17) is 14.6 Å². The van der Waals surface area contributed by atoms with Gasteiger partial charge in [-0.3, -0.25) is 9.59 Å². The maximum Gasteiger partial charge on any atom is 0.253 e. The minimum absolute atomic E-state index is 0.113. The summed E-state index contributed by atoms with van der Waals surface area (Å²) < 4.78 is 12.6. The van der Waals surface area contributed by atoms with Gasteiger partial charge in [0.05, 0.1) is 43.1 Å². The van der Waals surface area contributed by atoms with Gasteiger partial charge in [0.15, 0.2) is 22.5 Å². The molecule has 1 N–H and O–H groups in total. The number of benzene rings is 3. The third-order valence-corrected chi connectivity index (χ3v) is 9.94. The second-order valence-electron chi connectivity index (χ2n) is 11.2. The van der Waals surface area contributed by atoms with Crippen molar-refractivity contribution >= 4 is 40.6 Å². The topological polar surface area (TPSA) is 111 Å². The first-order valence-corrected chi connectivity index (χ1v) is 17.4. The molecule has 0 aliphatic carbocycles. The highest BCUT2D eigenvalue weighted by Crippen LogP contribution is 2.35. The van der Waals surface area contributed by atoms with Gasteiger partial charge in [-0.1, -0.05) is 78.0 Å². The van der Waals surface area contributed by atoms with Crippen LogP contribution >= 0.6 is 23.1 Å². The van der Waals surface area contributed by atoms with Gasteiger partial charge in [0.2, 0.25) is 0 Å². The van der Waals surface area contributed by atoms with Crippen LogP contribution in [0.15, 0.2) is 101 Å². The van der Waals surface area contributed by atoms with Gasteiger partial charge < -0.3 is 19.4 Å². The predicted molar refractivity (Wildman–Crippen MR) is 188 cm³/mol. The van der Waals surface area contributed by atoms with Crippen molar-refractivity contribution in [2.24, 2.45) is 5.10 Å². The average Bonchev–Trinajstić information content (AvgIpc) is 3.90. The summed E-state index contributed by atoms with van der Waals surface area (Å²) in [6, 6.07) is 27.3. The Morgan fingerprint density at radius 2 is 1.75 bits per heavy atom. The van der Waals surface area contributed by atoms with E-state index in [1.807, 2.05) is 40.3 Å². The minimum Gasteiger partial charge on any atom is -0.493 e. The van der Waals surface area contributed by atoms with Crippen LogP contribution in [-0.4, -0.2) is 57.3 Å². The van der Waals surface area contributed by atoms with E-state index in [2.05, 4.69) is 58.8 Å². The van der Waals surface area contributed by atoms with E-state index >= 15 is 0 Å². The normalized spacial score (nSPS) is 14.1. The van der Waals surface area contributed by atoms with E-state index in [0.717, 1.165) is 33.7 Å². The number of methoxy groups -OCH3 is 2. The molecule has 0 saturated carbocycles. The van der Waals surface area contributed by atoms with Crippen molar-refractivity contribution in [1.82, 2.24) is 25.1 Å². The van der Waals surface area contributed by atoms with Gasteiger partial charge >= 0.3 is 0 Å². The first-order chi connectivity index (χ1) is 23.4. The second-order valence-corrected chi connectivity index (χ2v) is 13.1. The molecule has 0 bridgehead atoms. The molecule has 0 unspecified atom stereocenters. The van der Waals surface area contributed by atoms with Crippen molar-refractivity contribution in [3.63, 3.8) is 0 Å². The van der Waals surface area contributed by atoms with Crippen molar-refractivity contribution in [3.05, 3.63) is 123 Å². The van der Waals surface area contributed by atoms with E-state index in [1.165, 1.54) is 18.9 Å². The van der Waals surface area contributed by atoms with Crippen LogP contribution in [0.3, 0.4) is 0 Å². The zero-order chi connectivity index (χ0) is 33.5. The predicted octanol–water partition coefficient (Wildman–Crippen LogP) is 6.31. The van der Waals surface area contributed by atoms with E-state index < -0.39 is 0 Å². The standard InChI is InChI=1S/C36H36N6O4S2/c1-24-11-13-26(14-12-24)29-21-28(32-10-7-19-47-32)40-42(29)34(43)23-48-36-39-38-33(41(36)18-17-25-8-5-4-6-9-25)22-37-35(44)27-15-16-30(45-2)31(20-27)46-3/h4-16,19-20,29H,17-18,21-23H2,1-3H3,(H,37,44)/t29-/m1/s1. The maximum absolute atomic E-state index is 13.8. The van der Waals surface area contributed by atoms with Crippen LogP contribution in [0.4, 0.5) is 0 Å². The lowest BCUT2D eigenvalue weighted by Gasteiger charge is -2.22. The van der Waals surface area contributed by atoms with E-state index in [1.54, 1.807) is 41.7 Å². The molecule has 0 radical (unpaired) electrons. The molecule has 1 aliphatic rings. The summed E-state index contributed by atoms with van der Waals surface area (Å²) in [4.78, 5) is 28.0. The van der Waals surface area contributed by atoms with Crippen LogP contribution in [0.5, 0.6) is 11.5 Å². The van der Waals surface area contributed by atoms with Gasteiger partial charge in [0.25, 0.3) is 11.8 Å². The maximum atomic E-state index is 13.8. The number of nitrogens with one attached hydrogen (secondary N) is 1. The fraction of sp³-hybridized carbons (Fsp3) is 0.250. The molecule has 3 aromatic carbocycles. The van der Waals surface area contributed by atoms with Gasteiger partial charge in [0.1, 0.15) is 0 Å². The first-order valence-electron chi connectivity index (χ1n) is 15.5. The molecule has 1 atom stereocenters. The van der Waals surface area contributed by atoms with Gasteiger partial charge in [-0.15, -0.1) is 21.5 Å². The largest absolute Gasteiger partial charge is 0.493 e. The molecule has 0 fully saturated rings. The molecule has 246 valence electrons. The van der Waals surface area contributed by atoms with Crippen LogP contribution in [0.1, 0.15) is 50.2 Å². The third kappa shape index (κ3) is 7.61. The number of ether oxygens (including phenoxy) is 2. The summed E-state index contributed by atoms with van der Waals surface area (Å²) in [6.07, 6.45) is 1.38. The van der Waals surface area contributed by atoms with Crippen LogP contribution in [-0.2, 0) is 24.3 Å². The fourth-order valence-corrected chi connectivity index (χ4v) is 7.04. The van der Waals surface area contributed by atoms with Crippen molar-refractivity contribution < 1.29 is 19.1 Å². The number of hydrazone groups is 1. The molecule has 48 heavy (non-hydrogen) atoms. The Morgan fingerprint density at radius 3 is 2.48 bits per heavy atom. The molecule has 1 aliphatic heterocycles. The minimum atomic E-state index is -0.284. The van der Waals surface area contributed by atoms with Crippen molar-refractivity contribution in [2.75, 3.05) is 20.0 Å². The smallest absolute Gasteiger partial charge is 0.253 e. The zero-order valence-corrected chi connectivity index (χ0v) is 28.6. The molecule has 2 aromatic heterocycles. The van der Waals surface area contributed by atoms with Crippen molar-refractivity contribution in [1.29, 1.82) is 0 Å². The Hall–Kier alpha value is -4.94. The summed E-state index contributed by atoms with van der Waals surface area (Å²) in [6.45, 7) is 2.78. The Labute approximate surface area is 287 Å². The van der Waals surface area contributed by atoms with Gasteiger partial charge in [-0.05, 0) is 54.1 Å². The second kappa shape index (κ2) is 15.3. The van der Waals surface area contributed by atoms with Crippen LogP contribution in [0.2, 0.25) is 0 Å². The summed E-state index contributed by atoms with van der Waals surface area (Å²) in [7, 11) is 3.08. The number of carbonyl (C=O) groups is 2. The van der Waals surface area contributed by atoms with Crippen LogP contribution < -0.4 is 14.8 Å². The van der Waals surface area contributed by atoms with Crippen LogP contribution in [0, 0.1) is 6.92 Å². The van der Waals surface area contributed by atoms with Crippen molar-refractivity contribution in [2.45, 2.75) is 44.1 Å². The van der Waals surface area contributed by atoms with Gasteiger partial charge in [0, 0.05) is 18.5 Å². The lowest BCUT2D eigenvalue weighted by atomic mass is 10.00. The number of thioether (sulfide) groups is 1. The highest BCUT2D eigenvalue weighted by molar-refractivity contribution is 7.99. The Morgan fingerprint density at radius 1 is 0.958 bits per heavy atom. The van der Waals surface area contributed by atoms with Crippen LogP contribution in [0.25, 0.3) is 0 Å². The van der Waals surface area contributed by atoms with E-state index in [0.29, 0.717) is 41.0 Å². The number of thiophene rings is 1. The van der Waals surface area contributed by atoms with Gasteiger partial charge in [-0.2, -0.15) is 5.10 Å². The number of carbonyl (C=O) groups excluding carboxylic acids is 2. The third-order valence-electron chi connectivity index (χ3n) is 8.07. The number of rotatable bonds is 13. The number of aryl methyl sites for hydroxylation is 2. The first kappa shape index (κ1) is 33.0. The molecule has 12 heteroatoms. The van der Waals surface area contributed by atoms with Gasteiger partial charge in [-0.25, -0.2) is 5.01 Å². The molecule has 0 spiro atoms. The Balaban J connectivity index is 1.19. The number of hydrogen-bond donors (Lipinski definition) is 1. The summed E-state index contributed by atoms with van der Waals surface area (Å²) in [5, 5.41) is 20.9. The lowest BCUT2D eigenvalue weighted by molar-refractivity contribution is -0.130. The molecular weight excluding hydrogens is 645 g/mol. The molecule has 6 rings (SSSR count). The molecule has 2 amide bonds. The highest BCUT2D eigenvalue weighted by atomic mass is 32.2. The van der Waals surface area contributed by atoms with E-state index in [-0.39, 0.29) is 30.2 Å². The Bertz CT molecular complexity index is 1890. The summed E-state index contributed by atoms with van der Waals surface area (Å²) >= 11 is 2.95. The van der Waals surface area contributed by atoms with E-state index in [9.17, 15) is 9.59 Å². The fourth-order valence-electron chi connectivity index (χ4n) is 5.48. The monoisotopic (exact) mass is 680 g/mol. The molecule has 5 aromatic rings. The molecule has 3 heterocycles. The SMILES string of the molecule is COc1ccc(C(=O)NCc2nnc(SCC(=O)N3N=C(c4cccs4)C[C@@H]3c3ccc(C)cc3)n2CCc2ccccc2)cc1OC. The molecule has 0 saturated heterocycles. The number of nitrogens with zero attached hydrogens (tertiary/aromatic N) is 5. The lowest BCUT2D eigenvalue weighted by Crippen LogP contribution is -2.28. The Kier molecular flexibility index (Phi) is 10.5. The quantitative estimate of drug-likeness (QED) is 0.145. The molecular formula is C36H36N6O4S2. The number of hydrogen-bond acceptors (Lipinski definition) is 9. The number of amides is 2. The zero-order valence-electron chi connectivity index (χ0n) is 27.0. The summed E-state index contributed by atoms with van der Waals surface area (Å²) in [5.41, 5.74) is 4.71. The highest BCUT2D eigenvalue weighted by Gasteiger charge is 2.33. The number of aromatic nitrogens is 3. The molecule has 10 nitrogen and oxygen atoms in total. The average molecular weight is 681 g/mol.